The Morgan fingerprint density at radius 3 is 2.40 bits per heavy atom. The van der Waals surface area contributed by atoms with Gasteiger partial charge < -0.3 is 10.2 Å². The third kappa shape index (κ3) is 3.15. The van der Waals surface area contributed by atoms with Crippen molar-refractivity contribution in [1.82, 2.24) is 4.98 Å². The third-order valence-corrected chi connectivity index (χ3v) is 4.45. The molecule has 0 saturated carbocycles. The zero-order valence-corrected chi connectivity index (χ0v) is 14.1. The first-order valence-corrected chi connectivity index (χ1v) is 8.24. The molecule has 1 fully saturated rings. The van der Waals surface area contributed by atoms with E-state index in [0.29, 0.717) is 0 Å². The van der Waals surface area contributed by atoms with E-state index in [4.69, 9.17) is 0 Å². The second-order valence-electron chi connectivity index (χ2n) is 4.85. The molecule has 1 aliphatic rings. The van der Waals surface area contributed by atoms with Crippen LogP contribution in [-0.4, -0.2) is 18.1 Å². The number of hydrogen-bond acceptors (Lipinski definition) is 3. The Morgan fingerprint density at radius 2 is 1.75 bits per heavy atom. The van der Waals surface area contributed by atoms with E-state index in [1.807, 2.05) is 6.07 Å². The smallest absolute Gasteiger partial charge is 0.144 e. The Hall–Kier alpha value is -1.07. The lowest BCUT2D eigenvalue weighted by molar-refractivity contribution is 0.949. The first-order valence-electron chi connectivity index (χ1n) is 6.65. The van der Waals surface area contributed by atoms with Crippen molar-refractivity contribution in [2.24, 2.45) is 0 Å². The molecule has 1 saturated heterocycles. The fraction of sp³-hybridized carbons (Fsp3) is 0.267. The van der Waals surface area contributed by atoms with Gasteiger partial charge in [0.1, 0.15) is 5.82 Å². The Bertz CT molecular complexity index is 593. The molecule has 3 nitrogen and oxygen atoms in total. The summed E-state index contributed by atoms with van der Waals surface area (Å²) in [6, 6.07) is 10.5. The molecule has 0 amide bonds. The summed E-state index contributed by atoms with van der Waals surface area (Å²) in [4.78, 5) is 6.79. The van der Waals surface area contributed by atoms with Crippen LogP contribution in [0.4, 0.5) is 17.2 Å². The minimum atomic E-state index is 0.821. The van der Waals surface area contributed by atoms with Gasteiger partial charge >= 0.3 is 0 Å². The quantitative estimate of drug-likeness (QED) is 0.795. The zero-order chi connectivity index (χ0) is 13.9. The average Bonchev–Trinajstić information content (AvgIpc) is 2.97. The summed E-state index contributed by atoms with van der Waals surface area (Å²) in [7, 11) is 0. The zero-order valence-electron chi connectivity index (χ0n) is 10.9. The van der Waals surface area contributed by atoms with E-state index in [-0.39, 0.29) is 0 Å². The highest BCUT2D eigenvalue weighted by Crippen LogP contribution is 2.28. The topological polar surface area (TPSA) is 28.2 Å². The maximum atomic E-state index is 4.36. The fourth-order valence-electron chi connectivity index (χ4n) is 2.37. The SMILES string of the molecule is Brc1cnc(Nc2ccc(N3CCCC3)cc2)c(Br)c1. The summed E-state index contributed by atoms with van der Waals surface area (Å²) in [6.07, 6.45) is 4.39. The number of hydrogen-bond donors (Lipinski definition) is 1. The molecule has 3 rings (SSSR count). The Balaban J connectivity index is 1.74. The van der Waals surface area contributed by atoms with Crippen LogP contribution < -0.4 is 10.2 Å². The molecule has 0 aliphatic carbocycles. The van der Waals surface area contributed by atoms with Gasteiger partial charge in [0.25, 0.3) is 0 Å². The van der Waals surface area contributed by atoms with Gasteiger partial charge in [-0.05, 0) is 75.0 Å². The van der Waals surface area contributed by atoms with Crippen LogP contribution in [0.1, 0.15) is 12.8 Å². The van der Waals surface area contributed by atoms with Crippen LogP contribution in [0.15, 0.2) is 45.5 Å². The highest BCUT2D eigenvalue weighted by Gasteiger charge is 2.12. The Kier molecular flexibility index (Phi) is 4.27. The Labute approximate surface area is 135 Å². The van der Waals surface area contributed by atoms with Crippen molar-refractivity contribution in [2.75, 3.05) is 23.3 Å². The lowest BCUT2D eigenvalue weighted by Gasteiger charge is -2.18. The van der Waals surface area contributed by atoms with Crippen LogP contribution >= 0.6 is 31.9 Å². The van der Waals surface area contributed by atoms with Crippen LogP contribution in [-0.2, 0) is 0 Å². The molecule has 0 bridgehead atoms. The van der Waals surface area contributed by atoms with Gasteiger partial charge in [-0.3, -0.25) is 0 Å². The first-order chi connectivity index (χ1) is 9.72. The minimum Gasteiger partial charge on any atom is -0.372 e. The van der Waals surface area contributed by atoms with Crippen molar-refractivity contribution in [3.8, 4) is 0 Å². The highest BCUT2D eigenvalue weighted by molar-refractivity contribution is 9.11. The van der Waals surface area contributed by atoms with Crippen molar-refractivity contribution in [2.45, 2.75) is 12.8 Å². The number of anilines is 3. The lowest BCUT2D eigenvalue weighted by Crippen LogP contribution is -2.17. The standard InChI is InChI=1S/C15H15Br2N3/c16-11-9-14(17)15(18-10-11)19-12-3-5-13(6-4-12)20-7-1-2-8-20/h3-6,9-10H,1-2,7-8H2,(H,18,19). The molecule has 20 heavy (non-hydrogen) atoms. The number of benzene rings is 1. The molecule has 2 heterocycles. The van der Waals surface area contributed by atoms with Crippen LogP contribution in [0.25, 0.3) is 0 Å². The van der Waals surface area contributed by atoms with Crippen molar-refractivity contribution in [3.05, 3.63) is 45.5 Å². The van der Waals surface area contributed by atoms with E-state index >= 15 is 0 Å². The maximum absolute atomic E-state index is 4.36. The van der Waals surface area contributed by atoms with Gasteiger partial charge in [0.2, 0.25) is 0 Å². The predicted octanol–water partition coefficient (Wildman–Crippen LogP) is 4.95. The largest absolute Gasteiger partial charge is 0.372 e. The summed E-state index contributed by atoms with van der Waals surface area (Å²) < 4.78 is 1.90. The van der Waals surface area contributed by atoms with Crippen molar-refractivity contribution in [3.63, 3.8) is 0 Å². The molecule has 1 N–H and O–H groups in total. The molecule has 1 aliphatic heterocycles. The second-order valence-corrected chi connectivity index (χ2v) is 6.62. The number of halogens is 2. The van der Waals surface area contributed by atoms with Gasteiger partial charge in [-0.15, -0.1) is 0 Å². The molecule has 1 aromatic heterocycles. The summed E-state index contributed by atoms with van der Waals surface area (Å²) in [5.74, 6) is 0.821. The monoisotopic (exact) mass is 395 g/mol. The molecule has 2 aromatic rings. The lowest BCUT2D eigenvalue weighted by atomic mass is 10.2. The Morgan fingerprint density at radius 1 is 1.05 bits per heavy atom. The van der Waals surface area contributed by atoms with E-state index in [1.165, 1.54) is 31.6 Å². The third-order valence-electron chi connectivity index (χ3n) is 3.41. The van der Waals surface area contributed by atoms with Crippen LogP contribution in [0.2, 0.25) is 0 Å². The summed E-state index contributed by atoms with van der Waals surface area (Å²) in [5.41, 5.74) is 2.35. The summed E-state index contributed by atoms with van der Waals surface area (Å²) in [5, 5.41) is 3.32. The van der Waals surface area contributed by atoms with E-state index in [2.05, 4.69) is 71.3 Å². The van der Waals surface area contributed by atoms with E-state index in [1.54, 1.807) is 6.20 Å². The molecule has 0 unspecified atom stereocenters. The highest BCUT2D eigenvalue weighted by atomic mass is 79.9. The normalized spacial score (nSPS) is 14.6. The van der Waals surface area contributed by atoms with Gasteiger partial charge in [-0.25, -0.2) is 4.98 Å². The van der Waals surface area contributed by atoms with Gasteiger partial charge in [-0.2, -0.15) is 0 Å². The van der Waals surface area contributed by atoms with Crippen molar-refractivity contribution >= 4 is 49.1 Å². The van der Waals surface area contributed by atoms with Crippen LogP contribution in [0.5, 0.6) is 0 Å². The molecular formula is C15H15Br2N3. The first kappa shape index (κ1) is 13.9. The molecular weight excluding hydrogens is 382 g/mol. The van der Waals surface area contributed by atoms with E-state index in [9.17, 15) is 0 Å². The van der Waals surface area contributed by atoms with Gasteiger partial charge in [-0.1, -0.05) is 0 Å². The van der Waals surface area contributed by atoms with E-state index in [0.717, 1.165) is 20.5 Å². The maximum Gasteiger partial charge on any atom is 0.144 e. The van der Waals surface area contributed by atoms with Gasteiger partial charge in [0.15, 0.2) is 0 Å². The molecule has 104 valence electrons. The van der Waals surface area contributed by atoms with Gasteiger partial charge in [0, 0.05) is 35.1 Å². The minimum absolute atomic E-state index is 0.821. The fourth-order valence-corrected chi connectivity index (χ4v) is 3.46. The average molecular weight is 397 g/mol. The molecule has 0 radical (unpaired) electrons. The van der Waals surface area contributed by atoms with Crippen LogP contribution in [0, 0.1) is 0 Å². The van der Waals surface area contributed by atoms with Crippen molar-refractivity contribution in [1.29, 1.82) is 0 Å². The number of nitrogens with one attached hydrogen (secondary N) is 1. The number of nitrogens with zero attached hydrogens (tertiary/aromatic N) is 2. The van der Waals surface area contributed by atoms with E-state index < -0.39 is 0 Å². The summed E-state index contributed by atoms with van der Waals surface area (Å²) >= 11 is 6.91. The summed E-state index contributed by atoms with van der Waals surface area (Å²) in [6.45, 7) is 2.35. The van der Waals surface area contributed by atoms with Gasteiger partial charge in [0.05, 0.1) is 4.47 Å². The molecule has 5 heteroatoms. The second kappa shape index (κ2) is 6.14. The molecule has 0 atom stereocenters. The van der Waals surface area contributed by atoms with Crippen LogP contribution in [0.3, 0.4) is 0 Å². The number of pyridine rings is 1. The number of rotatable bonds is 3. The molecule has 1 aromatic carbocycles. The van der Waals surface area contributed by atoms with Crippen molar-refractivity contribution < 1.29 is 0 Å². The molecule has 0 spiro atoms. The predicted molar refractivity (Wildman–Crippen MR) is 90.8 cm³/mol. The number of aromatic nitrogens is 1.